The van der Waals surface area contributed by atoms with Gasteiger partial charge in [-0.05, 0) is 37.6 Å². The lowest BCUT2D eigenvalue weighted by Crippen LogP contribution is -2.12. The Morgan fingerprint density at radius 3 is 2.48 bits per heavy atom. The van der Waals surface area contributed by atoms with E-state index in [0.717, 1.165) is 11.6 Å². The number of ether oxygens (including phenoxy) is 2. The molecule has 0 heterocycles. The van der Waals surface area contributed by atoms with E-state index in [1.165, 1.54) is 6.92 Å². The van der Waals surface area contributed by atoms with Crippen molar-refractivity contribution in [3.63, 3.8) is 0 Å². The number of carbonyl (C=O) groups is 2. The second kappa shape index (κ2) is 11.4. The molecule has 0 saturated heterocycles. The molecule has 0 amide bonds. The van der Waals surface area contributed by atoms with E-state index in [-0.39, 0.29) is 26.4 Å². The molecular weight excluding hydrogens is 300 g/mol. The number of aryl methyl sites for hydroxylation is 1. The third kappa shape index (κ3) is 8.13. The fourth-order valence-electron chi connectivity index (χ4n) is 1.67. The smallest absolute Gasteiger partial charge is 0.365 e. The maximum absolute atomic E-state index is 11.3. The SMILES string of the molecule is C.C=CC(=O)OOCCOCCOc1ccc(C(C)=O)c(C)c1. The van der Waals surface area contributed by atoms with Gasteiger partial charge in [-0.3, -0.25) is 9.68 Å². The molecular formula is C17H24O6. The van der Waals surface area contributed by atoms with Crippen LogP contribution in [-0.4, -0.2) is 38.2 Å². The fourth-order valence-corrected chi connectivity index (χ4v) is 1.67. The summed E-state index contributed by atoms with van der Waals surface area (Å²) in [6.07, 6.45) is 1.01. The van der Waals surface area contributed by atoms with Crippen LogP contribution in [0.2, 0.25) is 0 Å². The van der Waals surface area contributed by atoms with E-state index < -0.39 is 5.97 Å². The van der Waals surface area contributed by atoms with Gasteiger partial charge >= 0.3 is 5.97 Å². The first-order valence-corrected chi connectivity index (χ1v) is 6.82. The predicted molar refractivity (Wildman–Crippen MR) is 86.5 cm³/mol. The summed E-state index contributed by atoms with van der Waals surface area (Å²) >= 11 is 0. The molecule has 0 spiro atoms. The maximum atomic E-state index is 11.3. The van der Waals surface area contributed by atoms with Gasteiger partial charge in [0, 0.05) is 11.6 Å². The average Bonchev–Trinajstić information content (AvgIpc) is 2.49. The molecule has 0 atom stereocenters. The first-order chi connectivity index (χ1) is 10.5. The highest BCUT2D eigenvalue weighted by atomic mass is 17.2. The van der Waals surface area contributed by atoms with E-state index in [2.05, 4.69) is 16.4 Å². The molecule has 1 aromatic carbocycles. The third-order valence-corrected chi connectivity index (χ3v) is 2.69. The fraction of sp³-hybridized carbons (Fsp3) is 0.412. The zero-order valence-corrected chi connectivity index (χ0v) is 12.8. The monoisotopic (exact) mass is 324 g/mol. The molecule has 6 heteroatoms. The van der Waals surface area contributed by atoms with Crippen molar-refractivity contribution < 1.29 is 28.8 Å². The molecule has 128 valence electrons. The van der Waals surface area contributed by atoms with Crippen LogP contribution in [0.4, 0.5) is 0 Å². The van der Waals surface area contributed by atoms with Crippen molar-refractivity contribution in [2.75, 3.05) is 26.4 Å². The second-order valence-corrected chi connectivity index (χ2v) is 4.42. The quantitative estimate of drug-likeness (QED) is 0.217. The highest BCUT2D eigenvalue weighted by Gasteiger charge is 2.05. The van der Waals surface area contributed by atoms with Crippen molar-refractivity contribution >= 4 is 11.8 Å². The van der Waals surface area contributed by atoms with Crippen LogP contribution < -0.4 is 4.74 Å². The van der Waals surface area contributed by atoms with Gasteiger partial charge in [0.05, 0.1) is 13.2 Å². The summed E-state index contributed by atoms with van der Waals surface area (Å²) in [5, 5.41) is 0. The largest absolute Gasteiger partial charge is 0.491 e. The average molecular weight is 324 g/mol. The van der Waals surface area contributed by atoms with Gasteiger partial charge in [-0.15, -0.1) is 0 Å². The Bertz CT molecular complexity index is 524. The topological polar surface area (TPSA) is 71.1 Å². The number of ketones is 1. The molecule has 0 unspecified atom stereocenters. The molecule has 0 aliphatic heterocycles. The predicted octanol–water partition coefficient (Wildman–Crippen LogP) is 2.89. The van der Waals surface area contributed by atoms with Crippen LogP contribution in [0.3, 0.4) is 0 Å². The molecule has 6 nitrogen and oxygen atoms in total. The third-order valence-electron chi connectivity index (χ3n) is 2.69. The van der Waals surface area contributed by atoms with E-state index in [1.54, 1.807) is 12.1 Å². The Morgan fingerprint density at radius 2 is 1.87 bits per heavy atom. The van der Waals surface area contributed by atoms with E-state index in [1.807, 2.05) is 13.0 Å². The van der Waals surface area contributed by atoms with Crippen molar-refractivity contribution in [3.8, 4) is 5.75 Å². The van der Waals surface area contributed by atoms with Gasteiger partial charge in [-0.2, -0.15) is 4.89 Å². The Morgan fingerprint density at radius 1 is 1.17 bits per heavy atom. The van der Waals surface area contributed by atoms with Gasteiger partial charge in [-0.1, -0.05) is 14.0 Å². The van der Waals surface area contributed by atoms with Crippen LogP contribution in [0, 0.1) is 6.92 Å². The van der Waals surface area contributed by atoms with E-state index in [9.17, 15) is 9.59 Å². The summed E-state index contributed by atoms with van der Waals surface area (Å²) in [5.41, 5.74) is 1.57. The van der Waals surface area contributed by atoms with Gasteiger partial charge in [0.15, 0.2) is 5.78 Å². The number of hydrogen-bond donors (Lipinski definition) is 0. The molecule has 1 aromatic rings. The van der Waals surface area contributed by atoms with E-state index >= 15 is 0 Å². The lowest BCUT2D eigenvalue weighted by atomic mass is 10.1. The molecule has 0 saturated carbocycles. The molecule has 1 rings (SSSR count). The van der Waals surface area contributed by atoms with Crippen LogP contribution in [-0.2, 0) is 19.3 Å². The van der Waals surface area contributed by atoms with Crippen LogP contribution >= 0.6 is 0 Å². The molecule has 0 aromatic heterocycles. The molecule has 0 bridgehead atoms. The van der Waals surface area contributed by atoms with Crippen molar-refractivity contribution in [1.82, 2.24) is 0 Å². The van der Waals surface area contributed by atoms with Crippen LogP contribution in [0.15, 0.2) is 30.9 Å². The van der Waals surface area contributed by atoms with Crippen molar-refractivity contribution in [3.05, 3.63) is 42.0 Å². The van der Waals surface area contributed by atoms with Crippen LogP contribution in [0.5, 0.6) is 5.75 Å². The number of hydrogen-bond acceptors (Lipinski definition) is 6. The summed E-state index contributed by atoms with van der Waals surface area (Å²) in [7, 11) is 0. The minimum atomic E-state index is -0.646. The van der Waals surface area contributed by atoms with Gasteiger partial charge in [0.25, 0.3) is 0 Å². The van der Waals surface area contributed by atoms with Crippen molar-refractivity contribution in [2.45, 2.75) is 21.3 Å². The number of carbonyl (C=O) groups excluding carboxylic acids is 2. The van der Waals surface area contributed by atoms with Crippen LogP contribution in [0.25, 0.3) is 0 Å². The highest BCUT2D eigenvalue weighted by molar-refractivity contribution is 5.95. The Kier molecular flexibility index (Phi) is 10.3. The molecule has 0 fully saturated rings. The Balaban J connectivity index is 0.00000484. The first kappa shape index (κ1) is 20.8. The molecule has 0 radical (unpaired) electrons. The first-order valence-electron chi connectivity index (χ1n) is 6.82. The van der Waals surface area contributed by atoms with Gasteiger partial charge < -0.3 is 9.47 Å². The number of rotatable bonds is 10. The molecule has 0 aliphatic carbocycles. The summed E-state index contributed by atoms with van der Waals surface area (Å²) in [6.45, 7) is 7.76. The van der Waals surface area contributed by atoms with Crippen molar-refractivity contribution in [1.29, 1.82) is 0 Å². The minimum Gasteiger partial charge on any atom is -0.491 e. The number of benzene rings is 1. The minimum absolute atomic E-state index is 0. The zero-order valence-electron chi connectivity index (χ0n) is 12.8. The van der Waals surface area contributed by atoms with Crippen LogP contribution in [0.1, 0.15) is 30.3 Å². The lowest BCUT2D eigenvalue weighted by Gasteiger charge is -2.09. The standard InChI is InChI=1S/C16H20O6.CH4/c1-4-16(18)22-21-10-8-19-7-9-20-14-5-6-15(13(3)17)12(2)11-14;/h4-6,11H,1,7-10H2,2-3H3;1H4. The van der Waals surface area contributed by atoms with E-state index in [4.69, 9.17) is 9.47 Å². The van der Waals surface area contributed by atoms with E-state index in [0.29, 0.717) is 24.5 Å². The zero-order chi connectivity index (χ0) is 16.4. The second-order valence-electron chi connectivity index (χ2n) is 4.42. The lowest BCUT2D eigenvalue weighted by molar-refractivity contribution is -0.271. The Hall–Kier alpha value is -2.18. The number of Topliss-reactive ketones (excluding diaryl/α,β-unsaturated/α-hetero) is 1. The summed E-state index contributed by atoms with van der Waals surface area (Å²) < 4.78 is 10.7. The molecule has 0 aliphatic rings. The van der Waals surface area contributed by atoms with Gasteiger partial charge in [0.2, 0.25) is 0 Å². The van der Waals surface area contributed by atoms with Gasteiger partial charge in [-0.25, -0.2) is 4.79 Å². The molecule has 0 N–H and O–H groups in total. The maximum Gasteiger partial charge on any atom is 0.365 e. The summed E-state index contributed by atoms with van der Waals surface area (Å²) in [6, 6.07) is 5.31. The summed E-state index contributed by atoms with van der Waals surface area (Å²) in [5.74, 6) is 0.0690. The normalized spacial score (nSPS) is 9.65. The van der Waals surface area contributed by atoms with Crippen molar-refractivity contribution in [2.24, 2.45) is 0 Å². The Labute approximate surface area is 136 Å². The highest BCUT2D eigenvalue weighted by Crippen LogP contribution is 2.17. The summed E-state index contributed by atoms with van der Waals surface area (Å²) in [4.78, 5) is 30.9. The van der Waals surface area contributed by atoms with Gasteiger partial charge in [0.1, 0.15) is 19.0 Å². The molecule has 23 heavy (non-hydrogen) atoms.